The number of anilines is 1. The van der Waals surface area contributed by atoms with Crippen LogP contribution >= 0.6 is 0 Å². The van der Waals surface area contributed by atoms with Crippen molar-refractivity contribution in [2.24, 2.45) is 0 Å². The van der Waals surface area contributed by atoms with Crippen molar-refractivity contribution < 1.29 is 5.11 Å². The number of hydrogen-bond donors (Lipinski definition) is 1. The van der Waals surface area contributed by atoms with Crippen LogP contribution in [0, 0.1) is 6.92 Å². The van der Waals surface area contributed by atoms with E-state index in [0.29, 0.717) is 12.5 Å². The Balaban J connectivity index is 2.13. The lowest BCUT2D eigenvalue weighted by atomic mass is 10.0. The van der Waals surface area contributed by atoms with Crippen molar-refractivity contribution in [3.8, 4) is 0 Å². The van der Waals surface area contributed by atoms with Crippen LogP contribution in [-0.4, -0.2) is 24.8 Å². The van der Waals surface area contributed by atoms with Gasteiger partial charge in [0, 0.05) is 18.8 Å². The highest BCUT2D eigenvalue weighted by Gasteiger charge is 2.12. The van der Waals surface area contributed by atoms with E-state index in [1.54, 1.807) is 0 Å². The van der Waals surface area contributed by atoms with Crippen LogP contribution < -0.4 is 4.90 Å². The van der Waals surface area contributed by atoms with E-state index in [4.69, 9.17) is 0 Å². The smallest absolute Gasteiger partial charge is 0.0606 e. The first-order chi connectivity index (χ1) is 9.70. The molecule has 2 heteroatoms. The maximum absolute atomic E-state index is 9.31. The molecule has 1 atom stereocenters. The van der Waals surface area contributed by atoms with Crippen LogP contribution in [0.5, 0.6) is 0 Å². The molecule has 0 saturated carbocycles. The Morgan fingerprint density at radius 1 is 1.05 bits per heavy atom. The fourth-order valence-corrected chi connectivity index (χ4v) is 2.49. The summed E-state index contributed by atoms with van der Waals surface area (Å²) in [6.07, 6.45) is 0. The number of rotatable bonds is 6. The molecule has 0 amide bonds. The normalized spacial score (nSPS) is 12.2. The highest BCUT2D eigenvalue weighted by molar-refractivity contribution is 5.49. The summed E-state index contributed by atoms with van der Waals surface area (Å²) >= 11 is 0. The third-order valence-corrected chi connectivity index (χ3v) is 3.60. The summed E-state index contributed by atoms with van der Waals surface area (Å²) < 4.78 is 0. The van der Waals surface area contributed by atoms with Crippen LogP contribution in [0.2, 0.25) is 0 Å². The van der Waals surface area contributed by atoms with E-state index in [1.165, 1.54) is 16.8 Å². The van der Waals surface area contributed by atoms with Gasteiger partial charge >= 0.3 is 0 Å². The van der Waals surface area contributed by atoms with Crippen molar-refractivity contribution in [1.82, 2.24) is 0 Å². The van der Waals surface area contributed by atoms with Gasteiger partial charge in [-0.1, -0.05) is 49.4 Å². The minimum Gasteiger partial charge on any atom is -0.395 e. The molecule has 2 aromatic rings. The predicted molar refractivity (Wildman–Crippen MR) is 85.3 cm³/mol. The molecule has 0 saturated heterocycles. The lowest BCUT2D eigenvalue weighted by Crippen LogP contribution is -2.30. The zero-order valence-electron chi connectivity index (χ0n) is 12.3. The van der Waals surface area contributed by atoms with Crippen LogP contribution in [0.15, 0.2) is 54.6 Å². The topological polar surface area (TPSA) is 23.5 Å². The Morgan fingerprint density at radius 3 is 2.45 bits per heavy atom. The predicted octanol–water partition coefficient (Wildman–Crippen LogP) is 3.60. The van der Waals surface area contributed by atoms with E-state index in [2.05, 4.69) is 67.3 Å². The zero-order chi connectivity index (χ0) is 14.4. The molecule has 0 aliphatic rings. The molecular formula is C18H23NO. The fourth-order valence-electron chi connectivity index (χ4n) is 2.49. The minimum atomic E-state index is 0.176. The van der Waals surface area contributed by atoms with Gasteiger partial charge in [0.15, 0.2) is 0 Å². The molecule has 0 aliphatic heterocycles. The van der Waals surface area contributed by atoms with Gasteiger partial charge in [0.1, 0.15) is 0 Å². The molecule has 0 aromatic heterocycles. The highest BCUT2D eigenvalue weighted by atomic mass is 16.3. The monoisotopic (exact) mass is 269 g/mol. The van der Waals surface area contributed by atoms with Gasteiger partial charge < -0.3 is 10.0 Å². The molecule has 20 heavy (non-hydrogen) atoms. The average molecular weight is 269 g/mol. The van der Waals surface area contributed by atoms with E-state index < -0.39 is 0 Å². The van der Waals surface area contributed by atoms with Crippen molar-refractivity contribution >= 4 is 5.69 Å². The Labute approximate surface area is 121 Å². The summed E-state index contributed by atoms with van der Waals surface area (Å²) in [7, 11) is 0. The second-order valence-electron chi connectivity index (χ2n) is 5.32. The van der Waals surface area contributed by atoms with Crippen molar-refractivity contribution in [3.05, 3.63) is 65.7 Å². The maximum atomic E-state index is 9.31. The first kappa shape index (κ1) is 14.6. The molecule has 1 unspecified atom stereocenters. The molecule has 0 radical (unpaired) electrons. The summed E-state index contributed by atoms with van der Waals surface area (Å²) in [6, 6.07) is 19.0. The summed E-state index contributed by atoms with van der Waals surface area (Å²) in [5.41, 5.74) is 3.77. The summed E-state index contributed by atoms with van der Waals surface area (Å²) in [5.74, 6) is 0.434. The van der Waals surface area contributed by atoms with Gasteiger partial charge in [-0.2, -0.15) is 0 Å². The molecule has 0 aliphatic carbocycles. The molecule has 0 spiro atoms. The summed E-state index contributed by atoms with van der Waals surface area (Å²) in [6.45, 7) is 6.08. The Bertz CT molecular complexity index is 524. The Hall–Kier alpha value is -1.80. The number of benzene rings is 2. The maximum Gasteiger partial charge on any atom is 0.0606 e. The number of aliphatic hydroxyl groups is 1. The number of aryl methyl sites for hydroxylation is 1. The largest absolute Gasteiger partial charge is 0.395 e. The molecule has 0 bridgehead atoms. The second-order valence-corrected chi connectivity index (χ2v) is 5.32. The third-order valence-electron chi connectivity index (χ3n) is 3.60. The van der Waals surface area contributed by atoms with E-state index in [-0.39, 0.29) is 6.61 Å². The van der Waals surface area contributed by atoms with Crippen LogP contribution in [0.3, 0.4) is 0 Å². The molecule has 0 fully saturated rings. The van der Waals surface area contributed by atoms with Crippen molar-refractivity contribution in [2.45, 2.75) is 19.8 Å². The van der Waals surface area contributed by atoms with Crippen LogP contribution in [-0.2, 0) is 0 Å². The van der Waals surface area contributed by atoms with E-state index in [1.807, 2.05) is 6.07 Å². The van der Waals surface area contributed by atoms with Crippen molar-refractivity contribution in [1.29, 1.82) is 0 Å². The number of nitrogens with zero attached hydrogens (tertiary/aromatic N) is 1. The molecule has 0 heterocycles. The van der Waals surface area contributed by atoms with Crippen LogP contribution in [0.4, 0.5) is 5.69 Å². The Morgan fingerprint density at radius 2 is 1.80 bits per heavy atom. The quantitative estimate of drug-likeness (QED) is 0.866. The van der Waals surface area contributed by atoms with Gasteiger partial charge in [0.05, 0.1) is 6.61 Å². The highest BCUT2D eigenvalue weighted by Crippen LogP contribution is 2.21. The van der Waals surface area contributed by atoms with Gasteiger partial charge in [0.25, 0.3) is 0 Å². The fraction of sp³-hybridized carbons (Fsp3) is 0.333. The van der Waals surface area contributed by atoms with Crippen molar-refractivity contribution in [2.75, 3.05) is 24.6 Å². The third kappa shape index (κ3) is 3.84. The van der Waals surface area contributed by atoms with E-state index >= 15 is 0 Å². The molecular weight excluding hydrogens is 246 g/mol. The standard InChI is InChI=1S/C18H23NO/c1-15-7-6-10-18(13-15)19(11-12-20)14-16(2)17-8-4-3-5-9-17/h3-10,13,16,20H,11-12,14H2,1-2H3. The van der Waals surface area contributed by atoms with E-state index in [9.17, 15) is 5.11 Å². The molecule has 2 rings (SSSR count). The van der Waals surface area contributed by atoms with Crippen molar-refractivity contribution in [3.63, 3.8) is 0 Å². The van der Waals surface area contributed by atoms with Crippen LogP contribution in [0.1, 0.15) is 24.0 Å². The number of aliphatic hydroxyl groups excluding tert-OH is 1. The minimum absolute atomic E-state index is 0.176. The van der Waals surface area contributed by atoms with Gasteiger partial charge in [-0.3, -0.25) is 0 Å². The van der Waals surface area contributed by atoms with Gasteiger partial charge in [0.2, 0.25) is 0 Å². The molecule has 2 aromatic carbocycles. The number of hydrogen-bond acceptors (Lipinski definition) is 2. The molecule has 2 nitrogen and oxygen atoms in total. The SMILES string of the molecule is Cc1cccc(N(CCO)CC(C)c2ccccc2)c1. The first-order valence-electron chi connectivity index (χ1n) is 7.18. The Kier molecular flexibility index (Phi) is 5.19. The lowest BCUT2D eigenvalue weighted by molar-refractivity contribution is 0.301. The zero-order valence-corrected chi connectivity index (χ0v) is 12.3. The van der Waals surface area contributed by atoms with Gasteiger partial charge in [-0.15, -0.1) is 0 Å². The van der Waals surface area contributed by atoms with Gasteiger partial charge in [-0.25, -0.2) is 0 Å². The van der Waals surface area contributed by atoms with E-state index in [0.717, 1.165) is 6.54 Å². The summed E-state index contributed by atoms with van der Waals surface area (Å²) in [5, 5.41) is 9.31. The second kappa shape index (κ2) is 7.11. The van der Waals surface area contributed by atoms with Crippen LogP contribution in [0.25, 0.3) is 0 Å². The summed E-state index contributed by atoms with van der Waals surface area (Å²) in [4.78, 5) is 2.25. The average Bonchev–Trinajstić information content (AvgIpc) is 2.47. The first-order valence-corrected chi connectivity index (χ1v) is 7.18. The molecule has 106 valence electrons. The molecule has 1 N–H and O–H groups in total. The lowest BCUT2D eigenvalue weighted by Gasteiger charge is -2.28. The van der Waals surface area contributed by atoms with Gasteiger partial charge in [-0.05, 0) is 36.1 Å².